The molecule has 0 spiro atoms. The molecular formula is C15H19N3O2S2. The molecular weight excluding hydrogens is 318 g/mol. The van der Waals surface area contributed by atoms with Gasteiger partial charge in [0, 0.05) is 47.5 Å². The Morgan fingerprint density at radius 3 is 2.77 bits per heavy atom. The lowest BCUT2D eigenvalue weighted by Gasteiger charge is -2.30. The van der Waals surface area contributed by atoms with Gasteiger partial charge in [0.25, 0.3) is 0 Å². The van der Waals surface area contributed by atoms with Gasteiger partial charge in [0.15, 0.2) is 0 Å². The van der Waals surface area contributed by atoms with Crippen molar-refractivity contribution in [2.24, 2.45) is 0 Å². The molecule has 3 rings (SSSR count). The average molecular weight is 337 g/mol. The van der Waals surface area contributed by atoms with Crippen LogP contribution in [-0.2, 0) is 10.0 Å². The highest BCUT2D eigenvalue weighted by molar-refractivity contribution is 7.88. The number of thiazole rings is 1. The molecule has 0 aromatic carbocycles. The zero-order chi connectivity index (χ0) is 15.7. The second kappa shape index (κ2) is 6.06. The van der Waals surface area contributed by atoms with Crippen LogP contribution in [0, 0.1) is 6.92 Å². The van der Waals surface area contributed by atoms with Crippen molar-refractivity contribution in [3.05, 3.63) is 35.1 Å². The molecule has 3 heterocycles. The SMILES string of the molecule is Cc1csc(-c2ccc([C@@H]3CCCN(S(C)(=O)=O)C3)nc2)n1. The highest BCUT2D eigenvalue weighted by Crippen LogP contribution is 2.29. The van der Waals surface area contributed by atoms with E-state index in [1.807, 2.05) is 30.6 Å². The second-order valence-electron chi connectivity index (χ2n) is 5.73. The van der Waals surface area contributed by atoms with Crippen LogP contribution in [0.1, 0.15) is 30.1 Å². The van der Waals surface area contributed by atoms with Gasteiger partial charge in [-0.1, -0.05) is 0 Å². The number of aromatic nitrogens is 2. The first-order chi connectivity index (χ1) is 10.4. The lowest BCUT2D eigenvalue weighted by molar-refractivity contribution is 0.314. The lowest BCUT2D eigenvalue weighted by atomic mass is 9.95. The van der Waals surface area contributed by atoms with Crippen molar-refractivity contribution >= 4 is 21.4 Å². The minimum absolute atomic E-state index is 0.176. The molecule has 118 valence electrons. The van der Waals surface area contributed by atoms with E-state index in [4.69, 9.17) is 0 Å². The summed E-state index contributed by atoms with van der Waals surface area (Å²) in [6.45, 7) is 3.12. The average Bonchev–Trinajstić information content (AvgIpc) is 2.93. The van der Waals surface area contributed by atoms with E-state index in [1.54, 1.807) is 15.6 Å². The van der Waals surface area contributed by atoms with Crippen LogP contribution in [0.5, 0.6) is 0 Å². The van der Waals surface area contributed by atoms with Crippen LogP contribution >= 0.6 is 11.3 Å². The number of rotatable bonds is 3. The molecule has 0 aliphatic carbocycles. The molecule has 1 fully saturated rings. The maximum Gasteiger partial charge on any atom is 0.211 e. The van der Waals surface area contributed by atoms with Crippen LogP contribution in [0.25, 0.3) is 10.6 Å². The largest absolute Gasteiger partial charge is 0.260 e. The summed E-state index contributed by atoms with van der Waals surface area (Å²) < 4.78 is 25.0. The first kappa shape index (κ1) is 15.6. The highest BCUT2D eigenvalue weighted by atomic mass is 32.2. The molecule has 1 aliphatic rings. The van der Waals surface area contributed by atoms with Crippen LogP contribution in [0.2, 0.25) is 0 Å². The van der Waals surface area contributed by atoms with Crippen molar-refractivity contribution in [3.8, 4) is 10.6 Å². The molecule has 1 aliphatic heterocycles. The molecule has 0 amide bonds. The Bertz CT molecular complexity index is 753. The summed E-state index contributed by atoms with van der Waals surface area (Å²) in [6, 6.07) is 4.03. The third-order valence-corrected chi connectivity index (χ3v) is 6.20. The maximum atomic E-state index is 11.7. The fourth-order valence-corrected chi connectivity index (χ4v) is 4.44. The van der Waals surface area contributed by atoms with Gasteiger partial charge in [-0.15, -0.1) is 11.3 Å². The van der Waals surface area contributed by atoms with Crippen molar-refractivity contribution in [3.63, 3.8) is 0 Å². The van der Waals surface area contributed by atoms with Gasteiger partial charge in [0.1, 0.15) is 5.01 Å². The van der Waals surface area contributed by atoms with Crippen LogP contribution in [-0.4, -0.2) is 42.0 Å². The lowest BCUT2D eigenvalue weighted by Crippen LogP contribution is -2.38. The first-order valence-corrected chi connectivity index (χ1v) is 10.00. The summed E-state index contributed by atoms with van der Waals surface area (Å²) in [6.07, 6.45) is 4.98. The number of hydrogen-bond donors (Lipinski definition) is 0. The second-order valence-corrected chi connectivity index (χ2v) is 8.57. The van der Waals surface area contributed by atoms with Crippen molar-refractivity contribution in [1.82, 2.24) is 14.3 Å². The van der Waals surface area contributed by atoms with Gasteiger partial charge >= 0.3 is 0 Å². The Hall–Kier alpha value is -1.31. The van der Waals surface area contributed by atoms with E-state index in [0.29, 0.717) is 13.1 Å². The summed E-state index contributed by atoms with van der Waals surface area (Å²) >= 11 is 1.61. The molecule has 22 heavy (non-hydrogen) atoms. The minimum atomic E-state index is -3.12. The van der Waals surface area contributed by atoms with Crippen LogP contribution in [0.4, 0.5) is 0 Å². The van der Waals surface area contributed by atoms with E-state index in [0.717, 1.165) is 34.8 Å². The Morgan fingerprint density at radius 2 is 2.18 bits per heavy atom. The fourth-order valence-electron chi connectivity index (χ4n) is 2.74. The van der Waals surface area contributed by atoms with Gasteiger partial charge < -0.3 is 0 Å². The standard InChI is InChI=1S/C15H19N3O2S2/c1-11-10-21-15(17-11)12-5-6-14(16-8-12)13-4-3-7-18(9-13)22(2,19)20/h5-6,8,10,13H,3-4,7,9H2,1-2H3/t13-/m1/s1. The van der Waals surface area contributed by atoms with E-state index < -0.39 is 10.0 Å². The van der Waals surface area contributed by atoms with E-state index in [2.05, 4.69) is 9.97 Å². The molecule has 2 aromatic heterocycles. The molecule has 0 unspecified atom stereocenters. The van der Waals surface area contributed by atoms with Gasteiger partial charge in [-0.05, 0) is 31.9 Å². The monoisotopic (exact) mass is 337 g/mol. The zero-order valence-corrected chi connectivity index (χ0v) is 14.3. The molecule has 1 atom stereocenters. The Kier molecular flexibility index (Phi) is 4.29. The van der Waals surface area contributed by atoms with Gasteiger partial charge in [-0.2, -0.15) is 0 Å². The van der Waals surface area contributed by atoms with Crippen molar-refractivity contribution < 1.29 is 8.42 Å². The highest BCUT2D eigenvalue weighted by Gasteiger charge is 2.27. The van der Waals surface area contributed by atoms with Gasteiger partial charge in [-0.25, -0.2) is 17.7 Å². The Balaban J connectivity index is 1.78. The number of sulfonamides is 1. The summed E-state index contributed by atoms with van der Waals surface area (Å²) in [5.41, 5.74) is 2.99. The van der Waals surface area contributed by atoms with Crippen LogP contribution < -0.4 is 0 Å². The number of aryl methyl sites for hydroxylation is 1. The Labute approximate surface area is 135 Å². The molecule has 7 heteroatoms. The molecule has 0 radical (unpaired) electrons. The van der Waals surface area contributed by atoms with E-state index in [9.17, 15) is 8.42 Å². The predicted molar refractivity (Wildman–Crippen MR) is 88.5 cm³/mol. The van der Waals surface area contributed by atoms with Crippen molar-refractivity contribution in [2.75, 3.05) is 19.3 Å². The quantitative estimate of drug-likeness (QED) is 0.864. The number of piperidine rings is 1. The third kappa shape index (κ3) is 3.37. The van der Waals surface area contributed by atoms with E-state index in [1.165, 1.54) is 6.26 Å². The number of hydrogen-bond acceptors (Lipinski definition) is 5. The summed E-state index contributed by atoms with van der Waals surface area (Å²) in [5, 5.41) is 2.99. The number of nitrogens with zero attached hydrogens (tertiary/aromatic N) is 3. The third-order valence-electron chi connectivity index (χ3n) is 3.92. The molecule has 5 nitrogen and oxygen atoms in total. The normalized spacial score (nSPS) is 20.2. The first-order valence-electron chi connectivity index (χ1n) is 7.27. The van der Waals surface area contributed by atoms with Crippen molar-refractivity contribution in [1.29, 1.82) is 0 Å². The van der Waals surface area contributed by atoms with Gasteiger partial charge in [0.05, 0.1) is 6.26 Å². The molecule has 0 N–H and O–H groups in total. The van der Waals surface area contributed by atoms with Gasteiger partial charge in [-0.3, -0.25) is 4.98 Å². The van der Waals surface area contributed by atoms with Crippen LogP contribution in [0.3, 0.4) is 0 Å². The zero-order valence-electron chi connectivity index (χ0n) is 12.7. The minimum Gasteiger partial charge on any atom is -0.260 e. The number of pyridine rings is 1. The van der Waals surface area contributed by atoms with Crippen LogP contribution in [0.15, 0.2) is 23.7 Å². The predicted octanol–water partition coefficient (Wildman–Crippen LogP) is 2.65. The van der Waals surface area contributed by atoms with E-state index >= 15 is 0 Å². The van der Waals surface area contributed by atoms with Crippen molar-refractivity contribution in [2.45, 2.75) is 25.7 Å². The van der Waals surface area contributed by atoms with E-state index in [-0.39, 0.29) is 5.92 Å². The summed E-state index contributed by atoms with van der Waals surface area (Å²) in [7, 11) is -3.12. The van der Waals surface area contributed by atoms with Gasteiger partial charge in [0.2, 0.25) is 10.0 Å². The molecule has 0 saturated carbocycles. The summed E-state index contributed by atoms with van der Waals surface area (Å²) in [5.74, 6) is 0.176. The fraction of sp³-hybridized carbons (Fsp3) is 0.467. The molecule has 0 bridgehead atoms. The smallest absolute Gasteiger partial charge is 0.211 e. The Morgan fingerprint density at radius 1 is 1.36 bits per heavy atom. The molecule has 1 saturated heterocycles. The maximum absolute atomic E-state index is 11.7. The summed E-state index contributed by atoms with van der Waals surface area (Å²) in [4.78, 5) is 9.01. The molecule has 2 aromatic rings. The topological polar surface area (TPSA) is 63.2 Å².